The van der Waals surface area contributed by atoms with Crippen LogP contribution in [0.2, 0.25) is 0 Å². The maximum absolute atomic E-state index is 10.7. The van der Waals surface area contributed by atoms with Gasteiger partial charge >= 0.3 is 6.09 Å². The molecule has 0 unspecified atom stereocenters. The van der Waals surface area contributed by atoms with Gasteiger partial charge in [0.05, 0.1) is 11.2 Å². The summed E-state index contributed by atoms with van der Waals surface area (Å²) in [6.45, 7) is 5.42. The van der Waals surface area contributed by atoms with E-state index in [0.29, 0.717) is 6.54 Å². The third kappa shape index (κ3) is 3.57. The lowest BCUT2D eigenvalue weighted by atomic mass is 10.1. The van der Waals surface area contributed by atoms with Crippen LogP contribution in [0, 0.1) is 6.92 Å². The number of aryl methyl sites for hydroxylation is 1. The zero-order valence-electron chi connectivity index (χ0n) is 14.4. The summed E-state index contributed by atoms with van der Waals surface area (Å²) in [5.41, 5.74) is 4.29. The molecule has 25 heavy (non-hydrogen) atoms. The van der Waals surface area contributed by atoms with Crippen molar-refractivity contribution in [1.29, 1.82) is 0 Å². The van der Waals surface area contributed by atoms with Crippen molar-refractivity contribution in [2.75, 3.05) is 11.6 Å². The van der Waals surface area contributed by atoms with Crippen LogP contribution in [0.3, 0.4) is 0 Å². The smallest absolute Gasteiger partial charge is 0.404 e. The minimum atomic E-state index is -1.01. The van der Waals surface area contributed by atoms with Crippen LogP contribution in [-0.2, 0) is 6.54 Å². The maximum atomic E-state index is 10.7. The molecule has 0 bridgehead atoms. The van der Waals surface area contributed by atoms with Crippen molar-refractivity contribution in [3.05, 3.63) is 60.0 Å². The molecule has 0 aliphatic heterocycles. The van der Waals surface area contributed by atoms with Gasteiger partial charge in [-0.15, -0.1) is 0 Å². The molecule has 6 nitrogen and oxygen atoms in total. The number of amides is 1. The average molecular weight is 338 g/mol. The van der Waals surface area contributed by atoms with Crippen molar-refractivity contribution in [1.82, 2.24) is 15.0 Å². The third-order valence-electron chi connectivity index (χ3n) is 4.15. The minimum Gasteiger partial charge on any atom is -0.465 e. The highest BCUT2D eigenvalue weighted by Crippen LogP contribution is 2.26. The third-order valence-corrected chi connectivity index (χ3v) is 4.15. The zero-order valence-corrected chi connectivity index (χ0v) is 14.4. The van der Waals surface area contributed by atoms with Gasteiger partial charge in [-0.25, -0.2) is 4.79 Å². The average Bonchev–Trinajstić information content (AvgIpc) is 2.95. The van der Waals surface area contributed by atoms with Crippen LogP contribution in [0.25, 0.3) is 10.9 Å². The van der Waals surface area contributed by atoms with E-state index in [1.54, 1.807) is 12.4 Å². The van der Waals surface area contributed by atoms with Crippen LogP contribution >= 0.6 is 0 Å². The number of nitrogens with one attached hydrogen (secondary N) is 1. The maximum Gasteiger partial charge on any atom is 0.404 e. The number of anilines is 1. The Kier molecular flexibility index (Phi) is 4.88. The first-order valence-corrected chi connectivity index (χ1v) is 8.35. The number of rotatable bonds is 6. The van der Waals surface area contributed by atoms with Gasteiger partial charge in [0, 0.05) is 37.1 Å². The van der Waals surface area contributed by atoms with E-state index in [1.807, 2.05) is 30.3 Å². The highest BCUT2D eigenvalue weighted by molar-refractivity contribution is 5.85. The Morgan fingerprint density at radius 1 is 1.28 bits per heavy atom. The van der Waals surface area contributed by atoms with E-state index in [0.717, 1.165) is 40.7 Å². The van der Waals surface area contributed by atoms with Crippen molar-refractivity contribution >= 4 is 22.7 Å². The van der Waals surface area contributed by atoms with Gasteiger partial charge in [0.2, 0.25) is 0 Å². The number of benzene rings is 1. The van der Waals surface area contributed by atoms with Gasteiger partial charge in [0.1, 0.15) is 0 Å². The highest BCUT2D eigenvalue weighted by atomic mass is 16.4. The molecule has 3 aromatic rings. The fourth-order valence-electron chi connectivity index (χ4n) is 3.00. The van der Waals surface area contributed by atoms with E-state index < -0.39 is 6.09 Å². The number of nitrogens with zero attached hydrogens (tertiary/aromatic N) is 3. The Labute approximate surface area is 146 Å². The molecule has 2 N–H and O–H groups in total. The van der Waals surface area contributed by atoms with E-state index >= 15 is 0 Å². The number of hydrogen-bond donors (Lipinski definition) is 2. The first kappa shape index (κ1) is 16.8. The van der Waals surface area contributed by atoms with Gasteiger partial charge in [-0.2, -0.15) is 0 Å². The first-order valence-electron chi connectivity index (χ1n) is 8.35. The standard InChI is InChI=1S/C19H22N4O2/c1-3-10-22(16-6-8-20-9-7-16)23-13-14(2)17-11-15(4-5-18(17)23)12-21-19(24)25/h4-9,11,13,21H,3,10,12H2,1-2H3,(H,24,25). The van der Waals surface area contributed by atoms with Gasteiger partial charge in [-0.05, 0) is 48.7 Å². The molecule has 130 valence electrons. The number of carbonyl (C=O) groups is 1. The second-order valence-electron chi connectivity index (χ2n) is 6.00. The lowest BCUT2D eigenvalue weighted by Gasteiger charge is -2.26. The minimum absolute atomic E-state index is 0.304. The summed E-state index contributed by atoms with van der Waals surface area (Å²) in [5, 5.41) is 14.5. The van der Waals surface area contributed by atoms with E-state index in [9.17, 15) is 4.79 Å². The fourth-order valence-corrected chi connectivity index (χ4v) is 3.00. The molecule has 2 heterocycles. The second kappa shape index (κ2) is 7.25. The summed E-state index contributed by atoms with van der Waals surface area (Å²) in [4.78, 5) is 14.8. The van der Waals surface area contributed by atoms with Crippen LogP contribution in [0.1, 0.15) is 24.5 Å². The van der Waals surface area contributed by atoms with Crippen molar-refractivity contribution in [2.45, 2.75) is 26.8 Å². The summed E-state index contributed by atoms with van der Waals surface area (Å²) >= 11 is 0. The summed E-state index contributed by atoms with van der Waals surface area (Å²) in [6, 6.07) is 10.1. The van der Waals surface area contributed by atoms with Gasteiger partial charge in [-0.3, -0.25) is 14.7 Å². The number of pyridine rings is 1. The quantitative estimate of drug-likeness (QED) is 0.717. The molecular formula is C19H22N4O2. The lowest BCUT2D eigenvalue weighted by molar-refractivity contribution is 0.194. The summed E-state index contributed by atoms with van der Waals surface area (Å²) in [7, 11) is 0. The van der Waals surface area contributed by atoms with E-state index in [4.69, 9.17) is 5.11 Å². The normalized spacial score (nSPS) is 10.8. The Bertz CT molecular complexity index is 874. The molecule has 1 amide bonds. The van der Waals surface area contributed by atoms with E-state index in [-0.39, 0.29) is 0 Å². The number of carboxylic acid groups (broad SMARTS) is 1. The summed E-state index contributed by atoms with van der Waals surface area (Å²) < 4.78 is 2.16. The van der Waals surface area contributed by atoms with Crippen molar-refractivity contribution in [2.24, 2.45) is 0 Å². The molecule has 6 heteroatoms. The molecule has 3 rings (SSSR count). The van der Waals surface area contributed by atoms with Crippen LogP contribution in [0.15, 0.2) is 48.9 Å². The number of fused-ring (bicyclic) bond motifs is 1. The van der Waals surface area contributed by atoms with Gasteiger partial charge in [0.15, 0.2) is 0 Å². The summed E-state index contributed by atoms with van der Waals surface area (Å²) in [6.07, 6.45) is 5.72. The molecule has 0 radical (unpaired) electrons. The fraction of sp³-hybridized carbons (Fsp3) is 0.263. The van der Waals surface area contributed by atoms with E-state index in [2.05, 4.69) is 40.0 Å². The topological polar surface area (TPSA) is 70.4 Å². The van der Waals surface area contributed by atoms with Crippen molar-refractivity contribution < 1.29 is 9.90 Å². The van der Waals surface area contributed by atoms with Crippen LogP contribution < -0.4 is 10.3 Å². The van der Waals surface area contributed by atoms with Gasteiger partial charge in [-0.1, -0.05) is 13.0 Å². The molecule has 0 spiro atoms. The molecular weight excluding hydrogens is 316 g/mol. The predicted molar refractivity (Wildman–Crippen MR) is 98.8 cm³/mol. The lowest BCUT2D eigenvalue weighted by Crippen LogP contribution is -2.29. The van der Waals surface area contributed by atoms with E-state index in [1.165, 1.54) is 0 Å². The Morgan fingerprint density at radius 2 is 2.04 bits per heavy atom. The Morgan fingerprint density at radius 3 is 2.72 bits per heavy atom. The molecule has 0 fully saturated rings. The van der Waals surface area contributed by atoms with Crippen LogP contribution in [0.5, 0.6) is 0 Å². The summed E-state index contributed by atoms with van der Waals surface area (Å²) in [5.74, 6) is 0. The molecule has 2 aromatic heterocycles. The Hall–Kier alpha value is -3.02. The first-order chi connectivity index (χ1) is 12.1. The van der Waals surface area contributed by atoms with Crippen molar-refractivity contribution in [3.8, 4) is 0 Å². The number of aromatic nitrogens is 2. The second-order valence-corrected chi connectivity index (χ2v) is 6.00. The molecule has 0 saturated carbocycles. The molecule has 1 aromatic carbocycles. The van der Waals surface area contributed by atoms with Gasteiger partial charge in [0.25, 0.3) is 0 Å². The zero-order chi connectivity index (χ0) is 17.8. The molecule has 0 saturated heterocycles. The number of hydrogen-bond acceptors (Lipinski definition) is 3. The molecule has 0 atom stereocenters. The van der Waals surface area contributed by atoms with Crippen molar-refractivity contribution in [3.63, 3.8) is 0 Å². The molecule has 0 aliphatic rings. The largest absolute Gasteiger partial charge is 0.465 e. The van der Waals surface area contributed by atoms with Crippen LogP contribution in [0.4, 0.5) is 10.5 Å². The molecule has 0 aliphatic carbocycles. The highest BCUT2D eigenvalue weighted by Gasteiger charge is 2.13. The SMILES string of the molecule is CCCN(c1ccncc1)n1cc(C)c2cc(CNC(=O)O)ccc21. The van der Waals surface area contributed by atoms with Crippen LogP contribution in [-0.4, -0.2) is 27.4 Å². The van der Waals surface area contributed by atoms with Gasteiger partial charge < -0.3 is 10.4 Å². The predicted octanol–water partition coefficient (Wildman–Crippen LogP) is 3.79. The Balaban J connectivity index is 2.02. The monoisotopic (exact) mass is 338 g/mol.